The van der Waals surface area contributed by atoms with Crippen molar-refractivity contribution >= 4 is 10.8 Å². The van der Waals surface area contributed by atoms with Crippen molar-refractivity contribution in [1.82, 2.24) is 14.6 Å². The number of hydrogen-bond acceptors (Lipinski definition) is 3. The first-order valence-electron chi connectivity index (χ1n) is 9.65. The van der Waals surface area contributed by atoms with Crippen molar-refractivity contribution in [2.24, 2.45) is 0 Å². The number of fused-ring (bicyclic) bond motifs is 1. The van der Waals surface area contributed by atoms with Crippen molar-refractivity contribution in [2.45, 2.75) is 24.6 Å². The molecule has 2 heterocycles. The summed E-state index contributed by atoms with van der Waals surface area (Å²) >= 11 is 0. The summed E-state index contributed by atoms with van der Waals surface area (Å²) in [7, 11) is 2.05. The third-order valence-corrected chi connectivity index (χ3v) is 5.87. The van der Waals surface area contributed by atoms with Crippen LogP contribution in [0.1, 0.15) is 23.7 Å². The summed E-state index contributed by atoms with van der Waals surface area (Å²) < 4.78 is 2.14. The van der Waals surface area contributed by atoms with Gasteiger partial charge in [0.15, 0.2) is 0 Å². The molecule has 0 amide bonds. The lowest BCUT2D eigenvalue weighted by atomic mass is 9.83. The minimum atomic E-state index is -0.273. The van der Waals surface area contributed by atoms with E-state index >= 15 is 0 Å². The Morgan fingerprint density at radius 3 is 2.57 bits per heavy atom. The standard InChI is InChI=1S/C24H23N3O/c1-26-24(17-27-14-13-25-18-27,16-23(28-26)20-8-3-2-4-9-20)22-12-11-19-7-5-6-10-21(19)15-22/h2-15,18,23H,16-17H2,1H3. The lowest BCUT2D eigenvalue weighted by Gasteiger charge is -2.35. The predicted molar refractivity (Wildman–Crippen MR) is 111 cm³/mol. The van der Waals surface area contributed by atoms with Crippen LogP contribution < -0.4 is 0 Å². The van der Waals surface area contributed by atoms with Gasteiger partial charge in [0.05, 0.1) is 11.9 Å². The molecule has 28 heavy (non-hydrogen) atoms. The average molecular weight is 369 g/mol. The zero-order valence-electron chi connectivity index (χ0n) is 15.9. The van der Waals surface area contributed by atoms with Crippen LogP contribution in [0.4, 0.5) is 0 Å². The molecule has 0 aliphatic carbocycles. The molecule has 1 aliphatic rings. The second-order valence-corrected chi connectivity index (χ2v) is 7.53. The van der Waals surface area contributed by atoms with Gasteiger partial charge in [-0.1, -0.05) is 66.7 Å². The molecule has 1 fully saturated rings. The Hall–Kier alpha value is -2.95. The summed E-state index contributed by atoms with van der Waals surface area (Å²) in [5.41, 5.74) is 2.20. The van der Waals surface area contributed by atoms with Crippen molar-refractivity contribution in [3.63, 3.8) is 0 Å². The van der Waals surface area contributed by atoms with Crippen LogP contribution >= 0.6 is 0 Å². The zero-order chi connectivity index (χ0) is 19.0. The van der Waals surface area contributed by atoms with Gasteiger partial charge in [0, 0.05) is 32.4 Å². The molecule has 2 unspecified atom stereocenters. The minimum absolute atomic E-state index is 0.0289. The molecular weight excluding hydrogens is 346 g/mol. The van der Waals surface area contributed by atoms with E-state index in [1.807, 2.05) is 24.8 Å². The van der Waals surface area contributed by atoms with Crippen LogP contribution in [0, 0.1) is 0 Å². The quantitative estimate of drug-likeness (QED) is 0.510. The fourth-order valence-electron chi connectivity index (χ4n) is 4.33. The molecular formula is C24H23N3O. The lowest BCUT2D eigenvalue weighted by molar-refractivity contribution is -0.176. The summed E-state index contributed by atoms with van der Waals surface area (Å²) in [4.78, 5) is 10.6. The number of hydrogen-bond donors (Lipinski definition) is 0. The Balaban J connectivity index is 1.60. The normalized spacial score (nSPS) is 22.7. The van der Waals surface area contributed by atoms with Crippen LogP contribution in [0.2, 0.25) is 0 Å². The van der Waals surface area contributed by atoms with Gasteiger partial charge in [0.25, 0.3) is 0 Å². The van der Waals surface area contributed by atoms with Crippen LogP contribution in [0.5, 0.6) is 0 Å². The second kappa shape index (κ2) is 6.89. The smallest absolute Gasteiger partial charge is 0.107 e. The molecule has 4 nitrogen and oxygen atoms in total. The van der Waals surface area contributed by atoms with E-state index in [0.29, 0.717) is 0 Å². The van der Waals surface area contributed by atoms with E-state index in [4.69, 9.17) is 4.84 Å². The van der Waals surface area contributed by atoms with Gasteiger partial charge < -0.3 is 4.57 Å². The third kappa shape index (κ3) is 2.91. The number of rotatable bonds is 4. The first-order chi connectivity index (χ1) is 13.7. The highest BCUT2D eigenvalue weighted by molar-refractivity contribution is 5.83. The third-order valence-electron chi connectivity index (χ3n) is 5.87. The Bertz CT molecular complexity index is 1080. The fraction of sp³-hybridized carbons (Fsp3) is 0.208. The number of nitrogens with zero attached hydrogens (tertiary/aromatic N) is 3. The molecule has 3 aromatic carbocycles. The Kier molecular flexibility index (Phi) is 4.23. The van der Waals surface area contributed by atoms with Crippen molar-refractivity contribution in [3.8, 4) is 0 Å². The van der Waals surface area contributed by atoms with Gasteiger partial charge in [0.2, 0.25) is 0 Å². The second-order valence-electron chi connectivity index (χ2n) is 7.53. The van der Waals surface area contributed by atoms with E-state index in [-0.39, 0.29) is 11.6 Å². The Labute approximate surface area is 165 Å². The van der Waals surface area contributed by atoms with Gasteiger partial charge >= 0.3 is 0 Å². The van der Waals surface area contributed by atoms with E-state index in [2.05, 4.69) is 88.4 Å². The van der Waals surface area contributed by atoms with Crippen molar-refractivity contribution in [3.05, 3.63) is 103 Å². The molecule has 0 saturated carbocycles. The molecule has 0 radical (unpaired) electrons. The largest absolute Gasteiger partial charge is 0.335 e. The van der Waals surface area contributed by atoms with Crippen LogP contribution in [0.3, 0.4) is 0 Å². The Morgan fingerprint density at radius 2 is 1.79 bits per heavy atom. The fourth-order valence-corrected chi connectivity index (χ4v) is 4.33. The maximum Gasteiger partial charge on any atom is 0.107 e. The Morgan fingerprint density at radius 1 is 1.00 bits per heavy atom. The first-order valence-corrected chi connectivity index (χ1v) is 9.65. The molecule has 4 heteroatoms. The van der Waals surface area contributed by atoms with E-state index in [1.165, 1.54) is 21.9 Å². The first kappa shape index (κ1) is 17.2. The van der Waals surface area contributed by atoms with Gasteiger partial charge in [-0.3, -0.25) is 4.84 Å². The molecule has 140 valence electrons. The van der Waals surface area contributed by atoms with Gasteiger partial charge in [-0.25, -0.2) is 4.98 Å². The summed E-state index contributed by atoms with van der Waals surface area (Å²) in [5.74, 6) is 0. The van der Waals surface area contributed by atoms with Crippen molar-refractivity contribution < 1.29 is 4.84 Å². The molecule has 0 bridgehead atoms. The van der Waals surface area contributed by atoms with E-state index < -0.39 is 0 Å². The summed E-state index contributed by atoms with van der Waals surface area (Å²) in [6.07, 6.45) is 6.64. The maximum atomic E-state index is 6.38. The van der Waals surface area contributed by atoms with Crippen LogP contribution in [0.15, 0.2) is 91.5 Å². The molecule has 4 aromatic rings. The number of imidazole rings is 1. The number of likely N-dealkylation sites (N-methyl/N-ethyl adjacent to an activating group) is 1. The minimum Gasteiger partial charge on any atom is -0.335 e. The number of hydroxylamine groups is 2. The maximum absolute atomic E-state index is 6.38. The van der Waals surface area contributed by atoms with Gasteiger partial charge in [-0.15, -0.1) is 0 Å². The number of aromatic nitrogens is 2. The van der Waals surface area contributed by atoms with E-state index in [9.17, 15) is 0 Å². The molecule has 1 aromatic heterocycles. The average Bonchev–Trinajstić information content (AvgIpc) is 3.37. The van der Waals surface area contributed by atoms with Gasteiger partial charge in [-0.2, -0.15) is 5.06 Å². The summed E-state index contributed by atoms with van der Waals surface area (Å²) in [6.45, 7) is 0.783. The van der Waals surface area contributed by atoms with Crippen LogP contribution in [-0.2, 0) is 16.9 Å². The van der Waals surface area contributed by atoms with E-state index in [0.717, 1.165) is 13.0 Å². The summed E-state index contributed by atoms with van der Waals surface area (Å²) in [6, 6.07) is 25.8. The molecule has 0 spiro atoms. The summed E-state index contributed by atoms with van der Waals surface area (Å²) in [5, 5.41) is 4.56. The highest BCUT2D eigenvalue weighted by Crippen LogP contribution is 2.47. The highest BCUT2D eigenvalue weighted by atomic mass is 16.7. The van der Waals surface area contributed by atoms with Crippen LogP contribution in [0.25, 0.3) is 10.8 Å². The predicted octanol–water partition coefficient (Wildman–Crippen LogP) is 4.94. The van der Waals surface area contributed by atoms with Crippen LogP contribution in [-0.4, -0.2) is 21.7 Å². The molecule has 1 saturated heterocycles. The molecule has 1 aliphatic heterocycles. The molecule has 5 rings (SSSR count). The highest BCUT2D eigenvalue weighted by Gasteiger charge is 2.47. The molecule has 0 N–H and O–H groups in total. The SMILES string of the molecule is CN1OC(c2ccccc2)CC1(Cn1ccnc1)c1ccc2ccccc2c1. The van der Waals surface area contributed by atoms with E-state index in [1.54, 1.807) is 0 Å². The van der Waals surface area contributed by atoms with Gasteiger partial charge in [-0.05, 0) is 28.0 Å². The van der Waals surface area contributed by atoms with Gasteiger partial charge in [0.1, 0.15) is 6.10 Å². The number of benzene rings is 3. The monoisotopic (exact) mass is 369 g/mol. The zero-order valence-corrected chi connectivity index (χ0v) is 15.9. The molecule has 2 atom stereocenters. The van der Waals surface area contributed by atoms with Crippen molar-refractivity contribution in [1.29, 1.82) is 0 Å². The van der Waals surface area contributed by atoms with Crippen molar-refractivity contribution in [2.75, 3.05) is 7.05 Å². The topological polar surface area (TPSA) is 30.3 Å². The lowest BCUT2D eigenvalue weighted by Crippen LogP contribution is -2.41.